The van der Waals surface area contributed by atoms with E-state index in [2.05, 4.69) is 16.5 Å². The first-order valence-electron chi connectivity index (χ1n) is 6.94. The molecule has 4 heteroatoms. The van der Waals surface area contributed by atoms with Gasteiger partial charge in [-0.2, -0.15) is 11.8 Å². The van der Waals surface area contributed by atoms with Crippen LogP contribution in [0, 0.1) is 0 Å². The smallest absolute Gasteiger partial charge is 0.0791 e. The van der Waals surface area contributed by atoms with Crippen LogP contribution in [0.5, 0.6) is 0 Å². The summed E-state index contributed by atoms with van der Waals surface area (Å²) in [4.78, 5) is 2.38. The van der Waals surface area contributed by atoms with Gasteiger partial charge < -0.3 is 15.3 Å². The van der Waals surface area contributed by atoms with Crippen LogP contribution in [0.3, 0.4) is 0 Å². The summed E-state index contributed by atoms with van der Waals surface area (Å²) >= 11 is 1.99. The van der Waals surface area contributed by atoms with Crippen molar-refractivity contribution in [1.29, 1.82) is 0 Å². The van der Waals surface area contributed by atoms with Crippen LogP contribution in [0.25, 0.3) is 0 Å². The molecule has 0 amide bonds. The third kappa shape index (κ3) is 4.43. The highest BCUT2D eigenvalue weighted by molar-refractivity contribution is 7.99. The number of aliphatic hydroxyl groups is 1. The molecule has 100 valence electrons. The van der Waals surface area contributed by atoms with Gasteiger partial charge in [0.2, 0.25) is 0 Å². The van der Waals surface area contributed by atoms with E-state index in [0.29, 0.717) is 6.04 Å². The first kappa shape index (κ1) is 13.7. The predicted octanol–water partition coefficient (Wildman–Crippen LogP) is 1.32. The molecule has 17 heavy (non-hydrogen) atoms. The maximum absolute atomic E-state index is 9.98. The van der Waals surface area contributed by atoms with Gasteiger partial charge in [-0.15, -0.1) is 0 Å². The van der Waals surface area contributed by atoms with Gasteiger partial charge in [-0.25, -0.2) is 0 Å². The number of β-amino-alcohol motifs (C(OH)–C–C–N with tert-alkyl or cyclic N) is 1. The van der Waals surface area contributed by atoms with Crippen molar-refractivity contribution in [1.82, 2.24) is 10.2 Å². The number of hydrogen-bond donors (Lipinski definition) is 2. The van der Waals surface area contributed by atoms with Gasteiger partial charge in [-0.3, -0.25) is 0 Å². The summed E-state index contributed by atoms with van der Waals surface area (Å²) < 4.78 is 0. The van der Waals surface area contributed by atoms with E-state index in [4.69, 9.17) is 0 Å². The van der Waals surface area contributed by atoms with Gasteiger partial charge in [0.05, 0.1) is 6.10 Å². The lowest BCUT2D eigenvalue weighted by atomic mass is 10.2. The minimum Gasteiger partial charge on any atom is -0.390 e. The Balaban J connectivity index is 1.57. The van der Waals surface area contributed by atoms with Crippen LogP contribution in [0.1, 0.15) is 32.1 Å². The lowest BCUT2D eigenvalue weighted by molar-refractivity contribution is 0.120. The topological polar surface area (TPSA) is 35.5 Å². The van der Waals surface area contributed by atoms with E-state index in [0.717, 1.165) is 18.3 Å². The van der Waals surface area contributed by atoms with Gasteiger partial charge in [-0.1, -0.05) is 0 Å². The summed E-state index contributed by atoms with van der Waals surface area (Å²) in [6, 6.07) is 0.640. The van der Waals surface area contributed by atoms with Gasteiger partial charge in [0.25, 0.3) is 0 Å². The van der Waals surface area contributed by atoms with E-state index in [9.17, 15) is 5.11 Å². The SMILES string of the molecule is CSC1CCC(NCC(O)CN2CCCC2)C1. The zero-order chi connectivity index (χ0) is 12.1. The second kappa shape index (κ2) is 6.98. The Morgan fingerprint density at radius 3 is 2.76 bits per heavy atom. The monoisotopic (exact) mass is 258 g/mol. The molecule has 0 radical (unpaired) electrons. The fourth-order valence-electron chi connectivity index (χ4n) is 2.97. The molecule has 2 fully saturated rings. The number of nitrogens with one attached hydrogen (secondary N) is 1. The average Bonchev–Trinajstić information content (AvgIpc) is 2.96. The Bertz CT molecular complexity index is 221. The number of likely N-dealkylation sites (tertiary alicyclic amines) is 1. The molecule has 1 aliphatic heterocycles. The summed E-state index contributed by atoms with van der Waals surface area (Å²) in [5, 5.41) is 14.3. The van der Waals surface area contributed by atoms with Crippen molar-refractivity contribution >= 4 is 11.8 Å². The Morgan fingerprint density at radius 2 is 2.12 bits per heavy atom. The highest BCUT2D eigenvalue weighted by Gasteiger charge is 2.24. The molecular weight excluding hydrogens is 232 g/mol. The third-order valence-electron chi connectivity index (χ3n) is 4.03. The summed E-state index contributed by atoms with van der Waals surface area (Å²) in [5.74, 6) is 0. The number of rotatable bonds is 6. The Morgan fingerprint density at radius 1 is 1.35 bits per heavy atom. The molecule has 2 N–H and O–H groups in total. The van der Waals surface area contributed by atoms with Gasteiger partial charge in [0, 0.05) is 24.4 Å². The van der Waals surface area contributed by atoms with Crippen LogP contribution in [0.15, 0.2) is 0 Å². The maximum atomic E-state index is 9.98. The van der Waals surface area contributed by atoms with E-state index in [-0.39, 0.29) is 6.10 Å². The lowest BCUT2D eigenvalue weighted by Crippen LogP contribution is -2.40. The summed E-state index contributed by atoms with van der Waals surface area (Å²) in [5.41, 5.74) is 0. The fraction of sp³-hybridized carbons (Fsp3) is 1.00. The molecule has 3 nitrogen and oxygen atoms in total. The molecule has 0 spiro atoms. The van der Waals surface area contributed by atoms with Crippen LogP contribution < -0.4 is 5.32 Å². The van der Waals surface area contributed by atoms with Crippen molar-refractivity contribution in [3.8, 4) is 0 Å². The zero-order valence-electron chi connectivity index (χ0n) is 10.9. The van der Waals surface area contributed by atoms with E-state index in [1.165, 1.54) is 45.2 Å². The van der Waals surface area contributed by atoms with E-state index in [1.807, 2.05) is 11.8 Å². The largest absolute Gasteiger partial charge is 0.390 e. The first-order valence-corrected chi connectivity index (χ1v) is 8.23. The van der Waals surface area contributed by atoms with Crippen LogP contribution in [-0.2, 0) is 0 Å². The van der Waals surface area contributed by atoms with Gasteiger partial charge >= 0.3 is 0 Å². The molecule has 3 atom stereocenters. The number of aliphatic hydroxyl groups excluding tert-OH is 1. The van der Waals surface area contributed by atoms with E-state index < -0.39 is 0 Å². The Kier molecular flexibility index (Phi) is 5.60. The minimum absolute atomic E-state index is 0.193. The number of thioether (sulfide) groups is 1. The highest BCUT2D eigenvalue weighted by atomic mass is 32.2. The standard InChI is InChI=1S/C13H26N2OS/c1-17-13-5-4-11(8-13)14-9-12(16)10-15-6-2-3-7-15/h11-14,16H,2-10H2,1H3. The average molecular weight is 258 g/mol. The first-order chi connectivity index (χ1) is 8.28. The van der Waals surface area contributed by atoms with Crippen molar-refractivity contribution in [3.05, 3.63) is 0 Å². The molecule has 0 aromatic rings. The summed E-state index contributed by atoms with van der Waals surface area (Å²) in [6.07, 6.45) is 8.51. The number of nitrogens with zero attached hydrogens (tertiary/aromatic N) is 1. The van der Waals surface area contributed by atoms with Crippen LogP contribution in [-0.4, -0.2) is 59.8 Å². The van der Waals surface area contributed by atoms with E-state index in [1.54, 1.807) is 0 Å². The molecular formula is C13H26N2OS. The lowest BCUT2D eigenvalue weighted by Gasteiger charge is -2.21. The molecule has 0 aromatic carbocycles. The zero-order valence-corrected chi connectivity index (χ0v) is 11.7. The van der Waals surface area contributed by atoms with Crippen LogP contribution in [0.4, 0.5) is 0 Å². The Labute approximate surface area is 109 Å². The molecule has 0 bridgehead atoms. The number of hydrogen-bond acceptors (Lipinski definition) is 4. The Hall–Kier alpha value is 0.230. The van der Waals surface area contributed by atoms with Gasteiger partial charge in [-0.05, 0) is 51.4 Å². The van der Waals surface area contributed by atoms with Crippen molar-refractivity contribution in [2.45, 2.75) is 49.5 Å². The second-order valence-corrected chi connectivity index (χ2v) is 6.58. The summed E-state index contributed by atoms with van der Waals surface area (Å²) in [7, 11) is 0. The highest BCUT2D eigenvalue weighted by Crippen LogP contribution is 2.27. The second-order valence-electron chi connectivity index (χ2n) is 5.44. The van der Waals surface area contributed by atoms with Crippen molar-refractivity contribution in [2.24, 2.45) is 0 Å². The molecule has 1 saturated heterocycles. The molecule has 2 aliphatic rings. The molecule has 3 unspecified atom stereocenters. The van der Waals surface area contributed by atoms with E-state index >= 15 is 0 Å². The molecule has 2 rings (SSSR count). The molecule has 1 heterocycles. The molecule has 1 saturated carbocycles. The molecule has 0 aromatic heterocycles. The maximum Gasteiger partial charge on any atom is 0.0791 e. The third-order valence-corrected chi connectivity index (χ3v) is 5.12. The fourth-order valence-corrected chi connectivity index (χ4v) is 3.77. The molecule has 1 aliphatic carbocycles. The predicted molar refractivity (Wildman–Crippen MR) is 74.6 cm³/mol. The van der Waals surface area contributed by atoms with Crippen LogP contribution >= 0.6 is 11.8 Å². The van der Waals surface area contributed by atoms with Gasteiger partial charge in [0.15, 0.2) is 0 Å². The van der Waals surface area contributed by atoms with Crippen LogP contribution in [0.2, 0.25) is 0 Å². The summed E-state index contributed by atoms with van der Waals surface area (Å²) in [6.45, 7) is 3.97. The minimum atomic E-state index is -0.193. The normalized spacial score (nSPS) is 32.1. The van der Waals surface area contributed by atoms with Crippen molar-refractivity contribution in [3.63, 3.8) is 0 Å². The van der Waals surface area contributed by atoms with Gasteiger partial charge in [0.1, 0.15) is 0 Å². The van der Waals surface area contributed by atoms with Crippen molar-refractivity contribution < 1.29 is 5.11 Å². The quantitative estimate of drug-likeness (QED) is 0.753. The van der Waals surface area contributed by atoms with Crippen molar-refractivity contribution in [2.75, 3.05) is 32.4 Å².